The Labute approximate surface area is 150 Å². The topological polar surface area (TPSA) is 42.4 Å². The second-order valence-electron chi connectivity index (χ2n) is 6.20. The molecule has 2 rings (SSSR count). The van der Waals surface area contributed by atoms with Crippen LogP contribution in [0.1, 0.15) is 30.2 Å². The van der Waals surface area contributed by atoms with Crippen molar-refractivity contribution in [3.8, 4) is 11.1 Å². The molecule has 0 saturated carbocycles. The lowest BCUT2D eigenvalue weighted by atomic mass is 10.0. The first-order chi connectivity index (χ1) is 12.3. The number of rotatable bonds is 8. The van der Waals surface area contributed by atoms with E-state index >= 15 is 0 Å². The Morgan fingerprint density at radius 1 is 1.27 bits per heavy atom. The third kappa shape index (κ3) is 4.82. The summed E-state index contributed by atoms with van der Waals surface area (Å²) < 4.78 is 44.1. The highest BCUT2D eigenvalue weighted by Crippen LogP contribution is 2.29. The van der Waals surface area contributed by atoms with Gasteiger partial charge in [0.25, 0.3) is 12.9 Å². The molecule has 1 atom stereocenters. The number of pyridine rings is 1. The van der Waals surface area contributed by atoms with E-state index in [0.29, 0.717) is 24.1 Å². The van der Waals surface area contributed by atoms with Gasteiger partial charge in [0.2, 0.25) is 0 Å². The molecule has 0 amide bonds. The fraction of sp³-hybridized carbons (Fsp3) is 0.368. The quantitative estimate of drug-likeness (QED) is 0.659. The molecule has 0 aliphatic carbocycles. The number of alkyl halides is 2. The van der Waals surface area contributed by atoms with Crippen molar-refractivity contribution < 1.29 is 22.7 Å². The predicted molar refractivity (Wildman–Crippen MR) is 92.3 cm³/mol. The Morgan fingerprint density at radius 2 is 2.00 bits per heavy atom. The smallest absolute Gasteiger partial charge is 0.293 e. The Kier molecular flexibility index (Phi) is 6.74. The summed E-state index contributed by atoms with van der Waals surface area (Å²) in [6, 6.07) is 5.51. The van der Waals surface area contributed by atoms with Gasteiger partial charge in [-0.3, -0.25) is 14.7 Å². The Hall–Kier alpha value is -2.41. The lowest BCUT2D eigenvalue weighted by molar-refractivity contribution is -0.130. The molecule has 0 radical (unpaired) electrons. The van der Waals surface area contributed by atoms with Crippen molar-refractivity contribution in [1.29, 1.82) is 0 Å². The first-order valence-corrected chi connectivity index (χ1v) is 8.12. The number of aryl methyl sites for hydroxylation is 1. The summed E-state index contributed by atoms with van der Waals surface area (Å²) in [7, 11) is 1.89. The summed E-state index contributed by atoms with van der Waals surface area (Å²) in [6.45, 7) is 4.99. The van der Waals surface area contributed by atoms with E-state index in [2.05, 4.69) is 4.98 Å². The molecule has 0 aliphatic heterocycles. The maximum atomic E-state index is 13.5. The Balaban J connectivity index is 2.27. The van der Waals surface area contributed by atoms with Crippen molar-refractivity contribution in [3.63, 3.8) is 0 Å². The van der Waals surface area contributed by atoms with Gasteiger partial charge in [0.1, 0.15) is 12.4 Å². The largest absolute Gasteiger partial charge is 0.466 e. The van der Waals surface area contributed by atoms with Gasteiger partial charge in [-0.2, -0.15) is 0 Å². The molecule has 0 fully saturated rings. The van der Waals surface area contributed by atoms with Gasteiger partial charge in [-0.05, 0) is 50.2 Å². The van der Waals surface area contributed by atoms with E-state index in [4.69, 9.17) is 4.74 Å². The molecule has 1 aromatic heterocycles. The van der Waals surface area contributed by atoms with Gasteiger partial charge in [-0.15, -0.1) is 0 Å². The van der Waals surface area contributed by atoms with E-state index < -0.39 is 17.8 Å². The summed E-state index contributed by atoms with van der Waals surface area (Å²) >= 11 is 0. The van der Waals surface area contributed by atoms with Gasteiger partial charge in [0, 0.05) is 30.0 Å². The van der Waals surface area contributed by atoms with Crippen LogP contribution in [-0.2, 0) is 16.1 Å². The molecule has 1 heterocycles. The van der Waals surface area contributed by atoms with Crippen molar-refractivity contribution in [2.75, 3.05) is 13.7 Å². The molecular formula is C19H21F3N2O2. The van der Waals surface area contributed by atoms with Crippen molar-refractivity contribution >= 4 is 6.47 Å². The third-order valence-corrected chi connectivity index (χ3v) is 4.33. The molecule has 2 aromatic rings. The normalized spacial score (nSPS) is 12.5. The minimum atomic E-state index is -2.88. The zero-order valence-electron chi connectivity index (χ0n) is 14.9. The third-order valence-electron chi connectivity index (χ3n) is 4.33. The van der Waals surface area contributed by atoms with Gasteiger partial charge in [0.05, 0.1) is 5.56 Å². The van der Waals surface area contributed by atoms with E-state index in [9.17, 15) is 18.0 Å². The number of hydrogen-bond acceptors (Lipinski definition) is 4. The van der Waals surface area contributed by atoms with E-state index in [1.807, 2.05) is 31.9 Å². The maximum Gasteiger partial charge on any atom is 0.293 e. The highest BCUT2D eigenvalue weighted by molar-refractivity contribution is 5.64. The van der Waals surface area contributed by atoms with Gasteiger partial charge >= 0.3 is 0 Å². The number of ether oxygens (including phenoxy) is 1. The zero-order valence-corrected chi connectivity index (χ0v) is 14.9. The average Bonchev–Trinajstić information content (AvgIpc) is 2.61. The maximum absolute atomic E-state index is 13.5. The van der Waals surface area contributed by atoms with Crippen molar-refractivity contribution in [3.05, 3.63) is 53.1 Å². The molecule has 0 bridgehead atoms. The van der Waals surface area contributed by atoms with Crippen molar-refractivity contribution in [2.24, 2.45) is 0 Å². The lowest BCUT2D eigenvalue weighted by Crippen LogP contribution is -2.32. The fourth-order valence-electron chi connectivity index (χ4n) is 2.52. The van der Waals surface area contributed by atoms with Crippen LogP contribution in [0.5, 0.6) is 0 Å². The van der Waals surface area contributed by atoms with E-state index in [1.165, 1.54) is 6.07 Å². The first-order valence-electron chi connectivity index (χ1n) is 8.12. The molecule has 1 unspecified atom stereocenters. The zero-order chi connectivity index (χ0) is 19.3. The standard InChI is InChI=1S/C19H21F3N2O2/c1-12(10-26-11-25)24(3)9-16-6-15(8-23-13(16)2)14-4-5-18(20)17(7-14)19(21)22/h4-8,11-12,19H,9-10H2,1-3H3. The van der Waals surface area contributed by atoms with Crippen LogP contribution < -0.4 is 0 Å². The first kappa shape index (κ1) is 19.9. The summed E-state index contributed by atoms with van der Waals surface area (Å²) in [5.74, 6) is -0.923. The molecule has 7 heteroatoms. The SMILES string of the molecule is Cc1ncc(-c2ccc(F)c(C(F)F)c2)cc1CN(C)C(C)COC=O. The predicted octanol–water partition coefficient (Wildman–Crippen LogP) is 4.13. The monoisotopic (exact) mass is 366 g/mol. The molecule has 0 aliphatic rings. The highest BCUT2D eigenvalue weighted by Gasteiger charge is 2.16. The number of hydrogen-bond donors (Lipinski definition) is 0. The molecule has 0 saturated heterocycles. The van der Waals surface area contributed by atoms with Gasteiger partial charge in [-0.25, -0.2) is 13.2 Å². The molecule has 0 spiro atoms. The number of halogens is 3. The van der Waals surface area contributed by atoms with Crippen LogP contribution in [0.3, 0.4) is 0 Å². The summed E-state index contributed by atoms with van der Waals surface area (Å²) in [5.41, 5.74) is 2.21. The number of carbonyl (C=O) groups is 1. The van der Waals surface area contributed by atoms with Crippen LogP contribution in [-0.4, -0.2) is 36.1 Å². The van der Waals surface area contributed by atoms with E-state index in [-0.39, 0.29) is 12.6 Å². The van der Waals surface area contributed by atoms with Gasteiger partial charge < -0.3 is 4.74 Å². The molecular weight excluding hydrogens is 345 g/mol. The van der Waals surface area contributed by atoms with Crippen LogP contribution in [0.15, 0.2) is 30.5 Å². The summed E-state index contributed by atoms with van der Waals surface area (Å²) in [5, 5.41) is 0. The number of likely N-dealkylation sites (N-methyl/N-ethyl adjacent to an activating group) is 1. The second-order valence-corrected chi connectivity index (χ2v) is 6.20. The van der Waals surface area contributed by atoms with Gasteiger partial charge in [-0.1, -0.05) is 6.07 Å². The Morgan fingerprint density at radius 3 is 2.65 bits per heavy atom. The van der Waals surface area contributed by atoms with E-state index in [1.54, 1.807) is 6.20 Å². The number of carbonyl (C=O) groups excluding carboxylic acids is 1. The second kappa shape index (κ2) is 8.80. The van der Waals surface area contributed by atoms with Crippen molar-refractivity contribution in [2.45, 2.75) is 32.9 Å². The van der Waals surface area contributed by atoms with Crippen LogP contribution in [0.4, 0.5) is 13.2 Å². The van der Waals surface area contributed by atoms with E-state index in [0.717, 1.165) is 23.4 Å². The van der Waals surface area contributed by atoms with Crippen LogP contribution in [0.2, 0.25) is 0 Å². The van der Waals surface area contributed by atoms with Crippen molar-refractivity contribution in [1.82, 2.24) is 9.88 Å². The molecule has 140 valence electrons. The lowest BCUT2D eigenvalue weighted by Gasteiger charge is -2.24. The summed E-state index contributed by atoms with van der Waals surface area (Å²) in [6.07, 6.45) is -1.29. The van der Waals surface area contributed by atoms with Crippen LogP contribution >= 0.6 is 0 Å². The molecule has 4 nitrogen and oxygen atoms in total. The number of aromatic nitrogens is 1. The highest BCUT2D eigenvalue weighted by atomic mass is 19.3. The Bertz CT molecular complexity index is 768. The molecule has 0 N–H and O–H groups in total. The fourth-order valence-corrected chi connectivity index (χ4v) is 2.52. The average molecular weight is 366 g/mol. The summed E-state index contributed by atoms with van der Waals surface area (Å²) in [4.78, 5) is 16.6. The number of nitrogens with zero attached hydrogens (tertiary/aromatic N) is 2. The van der Waals surface area contributed by atoms with Crippen LogP contribution in [0.25, 0.3) is 11.1 Å². The van der Waals surface area contributed by atoms with Crippen LogP contribution in [0, 0.1) is 12.7 Å². The molecule has 26 heavy (non-hydrogen) atoms. The minimum absolute atomic E-state index is 0.000451. The minimum Gasteiger partial charge on any atom is -0.466 e. The van der Waals surface area contributed by atoms with Gasteiger partial charge in [0.15, 0.2) is 0 Å². The number of benzene rings is 1. The molecule has 1 aromatic carbocycles.